The summed E-state index contributed by atoms with van der Waals surface area (Å²) in [7, 11) is 0. The van der Waals surface area contributed by atoms with E-state index in [1.807, 2.05) is 36.4 Å². The molecule has 4 aliphatic rings. The molecule has 4 fully saturated rings. The molecule has 0 spiro atoms. The third-order valence-corrected chi connectivity index (χ3v) is 9.86. The predicted molar refractivity (Wildman–Crippen MR) is 174 cm³/mol. The van der Waals surface area contributed by atoms with Gasteiger partial charge in [-0.05, 0) is 86.9 Å². The van der Waals surface area contributed by atoms with Gasteiger partial charge in [0.15, 0.2) is 0 Å². The van der Waals surface area contributed by atoms with Crippen LogP contribution in [-0.2, 0) is 11.3 Å². The summed E-state index contributed by atoms with van der Waals surface area (Å²) in [6.45, 7) is 7.06. The van der Waals surface area contributed by atoms with Gasteiger partial charge in [0.05, 0.1) is 6.04 Å². The number of aromatic nitrogens is 1. The molecule has 1 aliphatic carbocycles. The first kappa shape index (κ1) is 29.7. The Balaban J connectivity index is 0.956. The zero-order valence-electron chi connectivity index (χ0n) is 26.2. The van der Waals surface area contributed by atoms with Crippen LogP contribution in [0.15, 0.2) is 66.7 Å². The van der Waals surface area contributed by atoms with Crippen LogP contribution in [0.5, 0.6) is 0 Å². The fraction of sp³-hybridized carbons (Fsp3) is 0.472. The van der Waals surface area contributed by atoms with Crippen LogP contribution >= 0.6 is 0 Å². The highest BCUT2D eigenvalue weighted by molar-refractivity contribution is 5.95. The molecule has 0 radical (unpaired) electrons. The molecule has 2 aromatic carbocycles. The van der Waals surface area contributed by atoms with E-state index in [0.29, 0.717) is 11.6 Å². The molecule has 1 atom stereocenters. The van der Waals surface area contributed by atoms with Crippen molar-refractivity contribution in [1.82, 2.24) is 25.0 Å². The van der Waals surface area contributed by atoms with Gasteiger partial charge in [0.1, 0.15) is 5.82 Å². The smallest absolute Gasteiger partial charge is 0.321 e. The average Bonchev–Trinajstić information content (AvgIpc) is 3.83. The first-order valence-electron chi connectivity index (χ1n) is 16.6. The molecule has 2 N–H and O–H groups in total. The van der Waals surface area contributed by atoms with Crippen molar-refractivity contribution in [1.29, 1.82) is 0 Å². The van der Waals surface area contributed by atoms with E-state index in [1.165, 1.54) is 11.1 Å². The number of likely N-dealkylation sites (tertiary alicyclic amines) is 1. The van der Waals surface area contributed by atoms with Gasteiger partial charge in [0.25, 0.3) is 5.91 Å². The minimum absolute atomic E-state index is 0.00796. The molecule has 9 nitrogen and oxygen atoms in total. The molecular weight excluding hydrogens is 564 g/mol. The normalized spacial score (nSPS) is 21.7. The summed E-state index contributed by atoms with van der Waals surface area (Å²) in [4.78, 5) is 37.9. The number of anilines is 2. The number of benzene rings is 2. The number of rotatable bonds is 9. The Bertz CT molecular complexity index is 1480. The molecule has 3 saturated heterocycles. The van der Waals surface area contributed by atoms with Gasteiger partial charge >= 0.3 is 6.03 Å². The molecule has 7 rings (SSSR count). The van der Waals surface area contributed by atoms with Crippen molar-refractivity contribution in [2.24, 2.45) is 0 Å². The SMILES string of the molecule is Cc1nc(Nc2ccc(C(=O)NC3CC3)cc2)ccc1CN1CCC(N2C(=O)N(C3CCOCC3)C[C@H]2c2ccccc2)CC1. The van der Waals surface area contributed by atoms with E-state index in [4.69, 9.17) is 9.72 Å². The van der Waals surface area contributed by atoms with E-state index in [9.17, 15) is 9.59 Å². The molecule has 9 heteroatoms. The third-order valence-electron chi connectivity index (χ3n) is 9.86. The van der Waals surface area contributed by atoms with Crippen molar-refractivity contribution >= 4 is 23.4 Å². The van der Waals surface area contributed by atoms with Crippen LogP contribution in [0.2, 0.25) is 0 Å². The van der Waals surface area contributed by atoms with Gasteiger partial charge in [-0.1, -0.05) is 36.4 Å². The lowest BCUT2D eigenvalue weighted by Crippen LogP contribution is -2.48. The number of urea groups is 1. The van der Waals surface area contributed by atoms with Gasteiger partial charge in [-0.2, -0.15) is 0 Å². The van der Waals surface area contributed by atoms with Crippen molar-refractivity contribution in [2.75, 3.05) is 38.2 Å². The van der Waals surface area contributed by atoms with Crippen LogP contribution in [0.3, 0.4) is 0 Å². The summed E-state index contributed by atoms with van der Waals surface area (Å²) in [6, 6.07) is 23.5. The molecule has 45 heavy (non-hydrogen) atoms. The predicted octanol–water partition coefficient (Wildman–Crippen LogP) is 5.65. The third kappa shape index (κ3) is 6.84. The number of piperidine rings is 1. The number of amides is 3. The van der Waals surface area contributed by atoms with Gasteiger partial charge in [-0.15, -0.1) is 0 Å². The molecule has 0 unspecified atom stereocenters. The fourth-order valence-corrected chi connectivity index (χ4v) is 7.06. The van der Waals surface area contributed by atoms with Gasteiger partial charge in [-0.3, -0.25) is 9.69 Å². The number of carbonyl (C=O) groups excluding carboxylic acids is 2. The highest BCUT2D eigenvalue weighted by Gasteiger charge is 2.45. The first-order valence-corrected chi connectivity index (χ1v) is 16.6. The van der Waals surface area contributed by atoms with E-state index >= 15 is 0 Å². The summed E-state index contributed by atoms with van der Waals surface area (Å²) in [5.74, 6) is 0.783. The van der Waals surface area contributed by atoms with Crippen molar-refractivity contribution in [3.63, 3.8) is 0 Å². The minimum atomic E-state index is -0.00796. The molecule has 1 aromatic heterocycles. The molecule has 3 aliphatic heterocycles. The van der Waals surface area contributed by atoms with Crippen molar-refractivity contribution in [3.8, 4) is 0 Å². The Kier molecular flexibility index (Phi) is 8.72. The van der Waals surface area contributed by atoms with Crippen LogP contribution in [0.4, 0.5) is 16.3 Å². The van der Waals surface area contributed by atoms with E-state index in [2.05, 4.69) is 62.6 Å². The standard InChI is InChI=1S/C36H44N6O3/c1-25-28(9-14-34(37-25)38-29-10-7-27(8-11-29)35(43)39-30-12-13-30)23-40-19-15-32(16-20-40)42-33(26-5-3-2-4-6-26)24-41(36(42)44)31-17-21-45-22-18-31/h2-11,14,30-33H,12-13,15-24H2,1H3,(H,37,38)(H,39,43)/t33-/m0/s1. The fourth-order valence-electron chi connectivity index (χ4n) is 7.06. The maximum atomic E-state index is 13.9. The van der Waals surface area contributed by atoms with Gasteiger partial charge in [0, 0.05) is 74.5 Å². The second-order valence-electron chi connectivity index (χ2n) is 13.0. The second kappa shape index (κ2) is 13.2. The molecule has 1 saturated carbocycles. The van der Waals surface area contributed by atoms with E-state index in [-0.39, 0.29) is 30.1 Å². The number of hydrogen-bond donors (Lipinski definition) is 2. The number of pyridine rings is 1. The van der Waals surface area contributed by atoms with Crippen molar-refractivity contribution in [2.45, 2.75) is 76.2 Å². The maximum absolute atomic E-state index is 13.9. The highest BCUT2D eigenvalue weighted by Crippen LogP contribution is 2.37. The lowest BCUT2D eigenvalue weighted by atomic mass is 9.98. The van der Waals surface area contributed by atoms with Crippen LogP contribution in [0.25, 0.3) is 0 Å². The number of carbonyl (C=O) groups is 2. The number of aryl methyl sites for hydroxylation is 1. The summed E-state index contributed by atoms with van der Waals surface area (Å²) in [5, 5.41) is 6.40. The van der Waals surface area contributed by atoms with Crippen molar-refractivity contribution in [3.05, 3.63) is 89.1 Å². The van der Waals surface area contributed by atoms with Gasteiger partial charge in [-0.25, -0.2) is 9.78 Å². The molecule has 236 valence electrons. The molecule has 4 heterocycles. The number of hydrogen-bond acceptors (Lipinski definition) is 6. The molecule has 3 amide bonds. The number of ether oxygens (including phenoxy) is 1. The Morgan fingerprint density at radius 3 is 2.31 bits per heavy atom. The zero-order chi connectivity index (χ0) is 30.8. The summed E-state index contributed by atoms with van der Waals surface area (Å²) < 4.78 is 5.60. The summed E-state index contributed by atoms with van der Waals surface area (Å²) in [6.07, 6.45) is 5.94. The minimum Gasteiger partial charge on any atom is -0.381 e. The van der Waals surface area contributed by atoms with Crippen molar-refractivity contribution < 1.29 is 14.3 Å². The molecule has 0 bridgehead atoms. The summed E-state index contributed by atoms with van der Waals surface area (Å²) in [5.41, 5.74) is 5.04. The van der Waals surface area contributed by atoms with E-state index in [1.54, 1.807) is 0 Å². The number of nitrogens with zero attached hydrogens (tertiary/aromatic N) is 4. The van der Waals surface area contributed by atoms with Gasteiger partial charge in [0.2, 0.25) is 0 Å². The largest absolute Gasteiger partial charge is 0.381 e. The van der Waals surface area contributed by atoms with Gasteiger partial charge < -0.3 is 25.2 Å². The molecule has 3 aromatic rings. The quantitative estimate of drug-likeness (QED) is 0.327. The Labute approximate surface area is 265 Å². The molecular formula is C36H44N6O3. The topological polar surface area (TPSA) is 90.0 Å². The Morgan fingerprint density at radius 2 is 1.62 bits per heavy atom. The average molecular weight is 609 g/mol. The summed E-state index contributed by atoms with van der Waals surface area (Å²) >= 11 is 0. The maximum Gasteiger partial charge on any atom is 0.321 e. The van der Waals surface area contributed by atoms with E-state index in [0.717, 1.165) is 95.1 Å². The highest BCUT2D eigenvalue weighted by atomic mass is 16.5. The Morgan fingerprint density at radius 1 is 0.889 bits per heavy atom. The lowest BCUT2D eigenvalue weighted by molar-refractivity contribution is 0.0493. The van der Waals surface area contributed by atoms with Crippen LogP contribution < -0.4 is 10.6 Å². The van der Waals surface area contributed by atoms with E-state index < -0.39 is 0 Å². The lowest BCUT2D eigenvalue weighted by Gasteiger charge is -2.39. The first-order chi connectivity index (χ1) is 22.0. The van der Waals surface area contributed by atoms with Crippen LogP contribution in [0, 0.1) is 6.92 Å². The monoisotopic (exact) mass is 608 g/mol. The number of nitrogens with one attached hydrogen (secondary N) is 2. The second-order valence-corrected chi connectivity index (χ2v) is 13.0. The Hall–Kier alpha value is -3.95. The zero-order valence-corrected chi connectivity index (χ0v) is 26.2. The van der Waals surface area contributed by atoms with Crippen LogP contribution in [0.1, 0.15) is 71.7 Å². The van der Waals surface area contributed by atoms with Crippen LogP contribution in [-0.4, -0.2) is 82.6 Å².